The minimum atomic E-state index is -1.09. The van der Waals surface area contributed by atoms with E-state index in [4.69, 9.17) is 4.74 Å². The van der Waals surface area contributed by atoms with Crippen LogP contribution in [0.1, 0.15) is 37.3 Å². The molecule has 1 unspecified atom stereocenters. The van der Waals surface area contributed by atoms with Crippen molar-refractivity contribution in [1.29, 1.82) is 0 Å². The topological polar surface area (TPSA) is 56.3 Å². The third-order valence-corrected chi connectivity index (χ3v) is 9.62. The molecule has 0 radical (unpaired) electrons. The summed E-state index contributed by atoms with van der Waals surface area (Å²) >= 11 is 1.43. The molecule has 2 amide bonds. The van der Waals surface area contributed by atoms with Crippen LogP contribution in [0.2, 0.25) is 0 Å². The first-order valence-corrected chi connectivity index (χ1v) is 15.7. The lowest BCUT2D eigenvalue weighted by atomic mass is 10.0. The summed E-state index contributed by atoms with van der Waals surface area (Å²) in [7, 11) is 0. The second-order valence-corrected chi connectivity index (χ2v) is 12.2. The third-order valence-electron chi connectivity index (χ3n) is 8.23. The maximum atomic E-state index is 14.4. The summed E-state index contributed by atoms with van der Waals surface area (Å²) in [6.07, 6.45) is 3.31. The van der Waals surface area contributed by atoms with Gasteiger partial charge in [0, 0.05) is 44.0 Å². The number of nitrogens with zero attached hydrogens (tertiary/aromatic N) is 4. The number of ether oxygens (including phenoxy) is 1. The van der Waals surface area contributed by atoms with Gasteiger partial charge in [0.1, 0.15) is 5.75 Å². The largest absolute Gasteiger partial charge is 0.494 e. The van der Waals surface area contributed by atoms with E-state index in [-0.39, 0.29) is 17.6 Å². The molecule has 7 nitrogen and oxygen atoms in total. The molecule has 0 bridgehead atoms. The maximum Gasteiger partial charge on any atom is 0.269 e. The van der Waals surface area contributed by atoms with Crippen molar-refractivity contribution in [2.24, 2.45) is 0 Å². The number of fused-ring (bicyclic) bond motifs is 2. The number of anilines is 2. The lowest BCUT2D eigenvalue weighted by Crippen LogP contribution is -2.54. The monoisotopic (exact) mass is 570 g/mol. The highest BCUT2D eigenvalue weighted by molar-refractivity contribution is 8.02. The van der Waals surface area contributed by atoms with Gasteiger partial charge in [-0.2, -0.15) is 0 Å². The van der Waals surface area contributed by atoms with Gasteiger partial charge in [-0.3, -0.25) is 29.2 Å². The van der Waals surface area contributed by atoms with E-state index in [9.17, 15) is 9.59 Å². The zero-order chi connectivity index (χ0) is 28.2. The molecule has 3 aliphatic rings. The zero-order valence-corrected chi connectivity index (χ0v) is 24.5. The summed E-state index contributed by atoms with van der Waals surface area (Å²) in [6, 6.07) is 26.2. The Morgan fingerprint density at radius 1 is 0.829 bits per heavy atom. The Labute approximate surface area is 247 Å². The molecule has 0 aromatic heterocycles. The molecule has 3 aromatic rings. The Morgan fingerprint density at radius 3 is 2.29 bits per heavy atom. The van der Waals surface area contributed by atoms with Crippen LogP contribution in [0.25, 0.3) is 0 Å². The highest BCUT2D eigenvalue weighted by Crippen LogP contribution is 2.55. The molecule has 3 aliphatic heterocycles. The molecule has 0 aliphatic carbocycles. The number of piperazine rings is 1. The van der Waals surface area contributed by atoms with Crippen molar-refractivity contribution in [2.75, 3.05) is 55.0 Å². The van der Waals surface area contributed by atoms with E-state index in [2.05, 4.69) is 47.1 Å². The fourth-order valence-corrected chi connectivity index (χ4v) is 7.42. The summed E-state index contributed by atoms with van der Waals surface area (Å²) in [6.45, 7) is 8.00. The van der Waals surface area contributed by atoms with Crippen molar-refractivity contribution in [1.82, 2.24) is 9.80 Å². The highest BCUT2D eigenvalue weighted by atomic mass is 32.2. The Bertz CT molecular complexity index is 1360. The average Bonchev–Trinajstić information content (AvgIpc) is 3.47. The molecule has 1 spiro atoms. The van der Waals surface area contributed by atoms with Gasteiger partial charge in [-0.1, -0.05) is 68.3 Å². The van der Waals surface area contributed by atoms with E-state index in [0.29, 0.717) is 13.3 Å². The first-order chi connectivity index (χ1) is 20.1. The average molecular weight is 571 g/mol. The van der Waals surface area contributed by atoms with E-state index in [1.165, 1.54) is 17.3 Å². The van der Waals surface area contributed by atoms with E-state index in [1.807, 2.05) is 53.4 Å². The van der Waals surface area contributed by atoms with Gasteiger partial charge in [-0.05, 0) is 42.3 Å². The fourth-order valence-electron chi connectivity index (χ4n) is 6.06. The minimum absolute atomic E-state index is 0.0406. The molecule has 41 heavy (non-hydrogen) atoms. The van der Waals surface area contributed by atoms with Gasteiger partial charge in [0.05, 0.1) is 24.7 Å². The van der Waals surface area contributed by atoms with E-state index < -0.39 is 4.87 Å². The second-order valence-electron chi connectivity index (χ2n) is 11.0. The number of carbonyl (C=O) groups excluding carboxylic acids is 2. The second kappa shape index (κ2) is 12.3. The van der Waals surface area contributed by atoms with Gasteiger partial charge in [0.2, 0.25) is 10.8 Å². The van der Waals surface area contributed by atoms with Crippen LogP contribution in [-0.2, 0) is 21.0 Å². The quantitative estimate of drug-likeness (QED) is 0.308. The Hall–Kier alpha value is -3.33. The number of carbonyl (C=O) groups is 2. The molecule has 214 valence electrons. The Morgan fingerprint density at radius 2 is 1.54 bits per heavy atom. The van der Waals surface area contributed by atoms with Crippen LogP contribution in [0.15, 0.2) is 78.9 Å². The molecule has 0 saturated carbocycles. The maximum absolute atomic E-state index is 14.4. The molecule has 2 fully saturated rings. The third kappa shape index (κ3) is 5.48. The molecule has 3 aromatic carbocycles. The molecular formula is C33H38N4O3S. The Kier molecular flexibility index (Phi) is 8.32. The van der Waals surface area contributed by atoms with Crippen LogP contribution in [-0.4, -0.2) is 66.8 Å². The van der Waals surface area contributed by atoms with E-state index >= 15 is 0 Å². The number of rotatable bonds is 10. The molecule has 3 heterocycles. The van der Waals surface area contributed by atoms with Crippen molar-refractivity contribution in [2.45, 2.75) is 37.6 Å². The minimum Gasteiger partial charge on any atom is -0.494 e. The van der Waals surface area contributed by atoms with Crippen LogP contribution in [0.4, 0.5) is 11.4 Å². The number of unbranched alkanes of at least 4 members (excludes halogenated alkanes) is 2. The van der Waals surface area contributed by atoms with Crippen LogP contribution in [0.5, 0.6) is 5.75 Å². The van der Waals surface area contributed by atoms with Crippen LogP contribution >= 0.6 is 11.8 Å². The van der Waals surface area contributed by atoms with Gasteiger partial charge < -0.3 is 4.74 Å². The number of hydrogen-bond donors (Lipinski definition) is 0. The fraction of sp³-hybridized carbons (Fsp3) is 0.394. The number of thioether (sulfide) groups is 1. The smallest absolute Gasteiger partial charge is 0.269 e. The molecule has 8 heteroatoms. The summed E-state index contributed by atoms with van der Waals surface area (Å²) in [5.41, 5.74) is 3.84. The SMILES string of the molecule is CCCCCOc1ccc(N2C(=O)CSC23C(=O)N(CN2CCN(Cc4ccccc4)CC2)c2ccccc23)cc1. The predicted molar refractivity (Wildman–Crippen MR) is 165 cm³/mol. The first-order valence-electron chi connectivity index (χ1n) is 14.7. The van der Waals surface area contributed by atoms with Crippen molar-refractivity contribution in [3.8, 4) is 5.75 Å². The number of benzene rings is 3. The van der Waals surface area contributed by atoms with Crippen LogP contribution in [0, 0.1) is 0 Å². The highest BCUT2D eigenvalue weighted by Gasteiger charge is 2.61. The van der Waals surface area contributed by atoms with Gasteiger partial charge in [-0.15, -0.1) is 11.8 Å². The molecule has 1 atom stereocenters. The molecular weight excluding hydrogens is 532 g/mol. The summed E-state index contributed by atoms with van der Waals surface area (Å²) in [4.78, 5) is 35.2. The van der Waals surface area contributed by atoms with Gasteiger partial charge in [0.15, 0.2) is 0 Å². The summed E-state index contributed by atoms with van der Waals surface area (Å²) < 4.78 is 5.90. The van der Waals surface area contributed by atoms with Crippen molar-refractivity contribution in [3.05, 3.63) is 90.0 Å². The summed E-state index contributed by atoms with van der Waals surface area (Å²) in [5.74, 6) is 0.957. The first kappa shape index (κ1) is 27.8. The van der Waals surface area contributed by atoms with Crippen molar-refractivity contribution in [3.63, 3.8) is 0 Å². The van der Waals surface area contributed by atoms with Crippen LogP contribution in [0.3, 0.4) is 0 Å². The van der Waals surface area contributed by atoms with Gasteiger partial charge >= 0.3 is 0 Å². The molecule has 2 saturated heterocycles. The number of hydrogen-bond acceptors (Lipinski definition) is 6. The van der Waals surface area contributed by atoms with Crippen LogP contribution < -0.4 is 14.5 Å². The molecule has 6 rings (SSSR count). The summed E-state index contributed by atoms with van der Waals surface area (Å²) in [5, 5.41) is 0. The lowest BCUT2D eigenvalue weighted by Gasteiger charge is -2.37. The van der Waals surface area contributed by atoms with E-state index in [0.717, 1.165) is 74.7 Å². The Balaban J connectivity index is 1.19. The lowest BCUT2D eigenvalue weighted by molar-refractivity contribution is -0.124. The van der Waals surface area contributed by atoms with E-state index in [1.54, 1.807) is 4.90 Å². The van der Waals surface area contributed by atoms with Crippen molar-refractivity contribution >= 4 is 35.0 Å². The number of para-hydroxylation sites is 1. The number of amides is 2. The predicted octanol–water partition coefficient (Wildman–Crippen LogP) is 5.31. The van der Waals surface area contributed by atoms with Gasteiger partial charge in [-0.25, -0.2) is 0 Å². The normalized spacial score (nSPS) is 21.2. The standard InChI is InChI=1S/C33H38N4O3S/c1-2-3-9-22-40-28-16-14-27(15-17-28)37-31(38)24-41-33(37)29-12-7-8-13-30(29)36(32(33)39)25-35-20-18-34(19-21-35)23-26-10-5-4-6-11-26/h4-8,10-17H,2-3,9,18-25H2,1H3. The van der Waals surface area contributed by atoms with Crippen molar-refractivity contribution < 1.29 is 14.3 Å². The zero-order valence-electron chi connectivity index (χ0n) is 23.7. The molecule has 0 N–H and O–H groups in total. The van der Waals surface area contributed by atoms with Gasteiger partial charge in [0.25, 0.3) is 5.91 Å².